The summed E-state index contributed by atoms with van der Waals surface area (Å²) in [7, 11) is 0. The minimum absolute atomic E-state index is 0.106. The molecule has 0 bridgehead atoms. The van der Waals surface area contributed by atoms with Gasteiger partial charge in [0.05, 0.1) is 16.6 Å². The predicted molar refractivity (Wildman–Crippen MR) is 85.4 cm³/mol. The number of fused-ring (bicyclic) bond motifs is 1. The Morgan fingerprint density at radius 1 is 1.10 bits per heavy atom. The molecule has 0 saturated carbocycles. The number of aldehydes is 1. The van der Waals surface area contributed by atoms with Crippen LogP contribution >= 0.6 is 22.6 Å². The number of nitrogens with zero attached hydrogens (tertiary/aromatic N) is 2. The van der Waals surface area contributed by atoms with Gasteiger partial charge in [0, 0.05) is 3.57 Å². The molecule has 1 heterocycles. The fourth-order valence-corrected chi connectivity index (χ4v) is 2.57. The van der Waals surface area contributed by atoms with Crippen LogP contribution in [0.3, 0.4) is 0 Å². The number of para-hydroxylation sites is 1. The molecule has 0 unspecified atom stereocenters. The predicted octanol–water partition coefficient (Wildman–Crippen LogP) is 2.80. The summed E-state index contributed by atoms with van der Waals surface area (Å²) < 4.78 is 2.29. The van der Waals surface area contributed by atoms with Gasteiger partial charge in [-0.05, 0) is 52.9 Å². The van der Waals surface area contributed by atoms with E-state index >= 15 is 0 Å². The van der Waals surface area contributed by atoms with E-state index in [0.717, 1.165) is 3.57 Å². The lowest BCUT2D eigenvalue weighted by molar-refractivity contribution is 0.111. The van der Waals surface area contributed by atoms with Gasteiger partial charge in [0.25, 0.3) is 5.56 Å². The Morgan fingerprint density at radius 2 is 1.85 bits per heavy atom. The van der Waals surface area contributed by atoms with Crippen LogP contribution in [0.4, 0.5) is 0 Å². The zero-order valence-corrected chi connectivity index (χ0v) is 12.4. The number of halogens is 1. The Balaban J connectivity index is 2.44. The van der Waals surface area contributed by atoms with Gasteiger partial charge in [0.1, 0.15) is 0 Å². The summed E-state index contributed by atoms with van der Waals surface area (Å²) >= 11 is 2.14. The Labute approximate surface area is 128 Å². The number of carbonyl (C=O) groups is 1. The fraction of sp³-hybridized carbons (Fsp3) is 0. The highest BCUT2D eigenvalue weighted by Crippen LogP contribution is 2.15. The van der Waals surface area contributed by atoms with E-state index in [1.54, 1.807) is 24.3 Å². The molecule has 0 aliphatic heterocycles. The molecule has 0 aliphatic rings. The third kappa shape index (κ3) is 2.14. The molecule has 1 aromatic heterocycles. The van der Waals surface area contributed by atoms with Crippen molar-refractivity contribution in [3.8, 4) is 5.69 Å². The van der Waals surface area contributed by atoms with Gasteiger partial charge in [-0.25, -0.2) is 4.98 Å². The van der Waals surface area contributed by atoms with E-state index in [-0.39, 0.29) is 11.4 Å². The molecule has 3 rings (SSSR count). The maximum atomic E-state index is 12.6. The zero-order valence-electron chi connectivity index (χ0n) is 10.3. The van der Waals surface area contributed by atoms with Crippen LogP contribution in [-0.4, -0.2) is 15.8 Å². The maximum absolute atomic E-state index is 12.6. The monoisotopic (exact) mass is 376 g/mol. The van der Waals surface area contributed by atoms with Crippen LogP contribution in [0.1, 0.15) is 10.6 Å². The van der Waals surface area contributed by atoms with Gasteiger partial charge in [0.15, 0.2) is 12.1 Å². The molecular formula is C15H9IN2O2. The lowest BCUT2D eigenvalue weighted by atomic mass is 10.2. The van der Waals surface area contributed by atoms with Crippen molar-refractivity contribution in [2.75, 3.05) is 0 Å². The van der Waals surface area contributed by atoms with Gasteiger partial charge in [-0.3, -0.25) is 14.2 Å². The number of hydrogen-bond donors (Lipinski definition) is 0. The second-order valence-electron chi connectivity index (χ2n) is 4.23. The average Bonchev–Trinajstić information content (AvgIpc) is 2.48. The summed E-state index contributed by atoms with van der Waals surface area (Å²) in [5.41, 5.74) is 0.930. The van der Waals surface area contributed by atoms with E-state index in [1.807, 2.05) is 24.3 Å². The molecule has 0 atom stereocenters. The fourth-order valence-electron chi connectivity index (χ4n) is 2.08. The van der Waals surface area contributed by atoms with Crippen molar-refractivity contribution < 1.29 is 4.79 Å². The third-order valence-corrected chi connectivity index (χ3v) is 3.65. The summed E-state index contributed by atoms with van der Waals surface area (Å²) in [4.78, 5) is 28.1. The van der Waals surface area contributed by atoms with Crippen molar-refractivity contribution in [2.24, 2.45) is 0 Å². The van der Waals surface area contributed by atoms with Crippen LogP contribution in [-0.2, 0) is 0 Å². The highest BCUT2D eigenvalue weighted by molar-refractivity contribution is 14.1. The van der Waals surface area contributed by atoms with E-state index in [0.29, 0.717) is 22.9 Å². The Hall–Kier alpha value is -2.02. The van der Waals surface area contributed by atoms with Crippen LogP contribution in [0.25, 0.3) is 16.6 Å². The second kappa shape index (κ2) is 5.16. The Bertz CT molecular complexity index is 857. The van der Waals surface area contributed by atoms with E-state index in [4.69, 9.17) is 0 Å². The zero-order chi connectivity index (χ0) is 14.1. The molecule has 0 amide bonds. The minimum Gasteiger partial charge on any atom is -0.294 e. The summed E-state index contributed by atoms with van der Waals surface area (Å²) in [6, 6.07) is 14.4. The second-order valence-corrected chi connectivity index (χ2v) is 5.47. The first-order valence-electron chi connectivity index (χ1n) is 5.93. The Morgan fingerprint density at radius 3 is 2.55 bits per heavy atom. The summed E-state index contributed by atoms with van der Waals surface area (Å²) in [5, 5.41) is 0.506. The smallest absolute Gasteiger partial charge is 0.266 e. The minimum atomic E-state index is -0.234. The molecule has 5 heteroatoms. The lowest BCUT2D eigenvalue weighted by Crippen LogP contribution is -2.23. The molecular weight excluding hydrogens is 367 g/mol. The first kappa shape index (κ1) is 13.0. The lowest BCUT2D eigenvalue weighted by Gasteiger charge is -2.09. The molecule has 0 saturated heterocycles. The van der Waals surface area contributed by atoms with Crippen molar-refractivity contribution in [3.05, 3.63) is 68.3 Å². The molecule has 0 radical (unpaired) electrons. The van der Waals surface area contributed by atoms with Crippen LogP contribution in [0.15, 0.2) is 53.3 Å². The normalized spacial score (nSPS) is 10.7. The molecule has 0 fully saturated rings. The van der Waals surface area contributed by atoms with E-state index in [9.17, 15) is 9.59 Å². The van der Waals surface area contributed by atoms with E-state index in [2.05, 4.69) is 27.6 Å². The largest absolute Gasteiger partial charge is 0.294 e. The number of benzene rings is 2. The molecule has 3 aromatic rings. The molecule has 0 aliphatic carbocycles. The molecule has 4 nitrogen and oxygen atoms in total. The van der Waals surface area contributed by atoms with Crippen molar-refractivity contribution in [2.45, 2.75) is 0 Å². The van der Waals surface area contributed by atoms with Gasteiger partial charge < -0.3 is 0 Å². The summed E-state index contributed by atoms with van der Waals surface area (Å²) in [6.07, 6.45) is 0.603. The topological polar surface area (TPSA) is 52.0 Å². The van der Waals surface area contributed by atoms with Crippen LogP contribution in [0, 0.1) is 3.57 Å². The molecule has 98 valence electrons. The highest BCUT2D eigenvalue weighted by Gasteiger charge is 2.12. The SMILES string of the molecule is O=Cc1nc2ccc(I)cc2c(=O)n1-c1ccccc1. The standard InChI is InChI=1S/C15H9IN2O2/c16-10-6-7-13-12(8-10)15(20)18(14(9-19)17-13)11-4-2-1-3-5-11/h1-9H. The average molecular weight is 376 g/mol. The molecule has 0 spiro atoms. The maximum Gasteiger partial charge on any atom is 0.266 e. The van der Waals surface area contributed by atoms with Crippen LogP contribution in [0.2, 0.25) is 0 Å². The van der Waals surface area contributed by atoms with Crippen molar-refractivity contribution >= 4 is 39.8 Å². The number of carbonyl (C=O) groups excluding carboxylic acids is 1. The highest BCUT2D eigenvalue weighted by atomic mass is 127. The molecule has 20 heavy (non-hydrogen) atoms. The van der Waals surface area contributed by atoms with Crippen LogP contribution in [0.5, 0.6) is 0 Å². The van der Waals surface area contributed by atoms with Gasteiger partial charge in [0.2, 0.25) is 0 Å². The first-order valence-corrected chi connectivity index (χ1v) is 7.01. The summed E-state index contributed by atoms with van der Waals surface area (Å²) in [6.45, 7) is 0. The number of rotatable bonds is 2. The van der Waals surface area contributed by atoms with Gasteiger partial charge in [-0.2, -0.15) is 0 Å². The first-order chi connectivity index (χ1) is 9.70. The number of hydrogen-bond acceptors (Lipinski definition) is 3. The van der Waals surface area contributed by atoms with Gasteiger partial charge in [-0.15, -0.1) is 0 Å². The quantitative estimate of drug-likeness (QED) is 0.511. The van der Waals surface area contributed by atoms with Crippen molar-refractivity contribution in [3.63, 3.8) is 0 Å². The molecule has 0 N–H and O–H groups in total. The number of aromatic nitrogens is 2. The van der Waals surface area contributed by atoms with Gasteiger partial charge in [-0.1, -0.05) is 18.2 Å². The van der Waals surface area contributed by atoms with Crippen LogP contribution < -0.4 is 5.56 Å². The third-order valence-electron chi connectivity index (χ3n) is 2.98. The Kier molecular flexibility index (Phi) is 3.35. The van der Waals surface area contributed by atoms with E-state index in [1.165, 1.54) is 4.57 Å². The summed E-state index contributed by atoms with van der Waals surface area (Å²) in [5.74, 6) is 0.106. The van der Waals surface area contributed by atoms with E-state index < -0.39 is 0 Å². The van der Waals surface area contributed by atoms with Crippen molar-refractivity contribution in [1.29, 1.82) is 0 Å². The molecule has 2 aromatic carbocycles. The van der Waals surface area contributed by atoms with Gasteiger partial charge >= 0.3 is 0 Å². The van der Waals surface area contributed by atoms with Crippen molar-refractivity contribution in [1.82, 2.24) is 9.55 Å².